The minimum atomic E-state index is -0.748. The highest BCUT2D eigenvalue weighted by Gasteiger charge is 2.39. The van der Waals surface area contributed by atoms with Crippen LogP contribution in [0.2, 0.25) is 0 Å². The molecule has 0 spiro atoms. The molecule has 0 aromatic heterocycles. The summed E-state index contributed by atoms with van der Waals surface area (Å²) >= 11 is 8.87. The van der Waals surface area contributed by atoms with Crippen molar-refractivity contribution in [2.24, 2.45) is 0 Å². The number of amides is 2. The zero-order valence-corrected chi connectivity index (χ0v) is 18.1. The molecule has 1 heterocycles. The van der Waals surface area contributed by atoms with Gasteiger partial charge in [0.05, 0.1) is 17.6 Å². The van der Waals surface area contributed by atoms with E-state index < -0.39 is 34.3 Å². The van der Waals surface area contributed by atoms with Crippen LogP contribution in [0.1, 0.15) is 25.3 Å². The first kappa shape index (κ1) is 24.3. The fraction of sp³-hybridized carbons (Fsp3) is 0.556. The van der Waals surface area contributed by atoms with E-state index in [4.69, 9.17) is 9.84 Å². The summed E-state index contributed by atoms with van der Waals surface area (Å²) in [5.41, 5.74) is 0.539. The van der Waals surface area contributed by atoms with Crippen molar-refractivity contribution in [1.29, 1.82) is 0 Å². The molecule has 1 saturated heterocycles. The van der Waals surface area contributed by atoms with Crippen molar-refractivity contribution in [2.45, 2.75) is 49.0 Å². The Balaban J connectivity index is 1.96. The number of rotatable bonds is 8. The maximum Gasteiger partial charge on any atom is 0.410 e. The van der Waals surface area contributed by atoms with E-state index >= 15 is 0 Å². The molecule has 12 heteroatoms. The highest BCUT2D eigenvalue weighted by molar-refractivity contribution is 7.81. The lowest BCUT2D eigenvalue weighted by atomic mass is 10.1. The van der Waals surface area contributed by atoms with Crippen molar-refractivity contribution in [2.75, 3.05) is 13.2 Å². The molecule has 0 bridgehead atoms. The minimum Gasteiger partial charge on any atom is -0.445 e. The predicted octanol–water partition coefficient (Wildman–Crippen LogP) is 1.89. The highest BCUT2D eigenvalue weighted by atomic mass is 32.1. The Morgan fingerprint density at radius 2 is 2.03 bits per heavy atom. The SMILES string of the molecule is CC(CO)N(O)C(=O)CC(S)C1CC(S)CN1C(=O)OCc1ccc([N+](=O)[O-])cc1. The Kier molecular flexibility index (Phi) is 8.77. The average molecular weight is 460 g/mol. The van der Waals surface area contributed by atoms with Crippen LogP contribution in [0.3, 0.4) is 0 Å². The number of hydrogen-bond acceptors (Lipinski definition) is 9. The van der Waals surface area contributed by atoms with Gasteiger partial charge < -0.3 is 14.7 Å². The maximum absolute atomic E-state index is 12.6. The molecule has 30 heavy (non-hydrogen) atoms. The summed E-state index contributed by atoms with van der Waals surface area (Å²) < 4.78 is 5.32. The number of likely N-dealkylation sites (tertiary alicyclic amines) is 1. The second-order valence-electron chi connectivity index (χ2n) is 7.13. The molecule has 166 valence electrons. The van der Waals surface area contributed by atoms with Gasteiger partial charge in [0.25, 0.3) is 5.69 Å². The summed E-state index contributed by atoms with van der Waals surface area (Å²) in [6, 6.07) is 4.49. The molecule has 4 atom stereocenters. The lowest BCUT2D eigenvalue weighted by molar-refractivity contribution is -0.384. The Morgan fingerprint density at radius 1 is 1.40 bits per heavy atom. The Morgan fingerprint density at radius 3 is 2.60 bits per heavy atom. The van der Waals surface area contributed by atoms with Gasteiger partial charge in [0.2, 0.25) is 5.91 Å². The number of nitro benzene ring substituents is 1. The van der Waals surface area contributed by atoms with Crippen LogP contribution < -0.4 is 0 Å². The smallest absolute Gasteiger partial charge is 0.410 e. The van der Waals surface area contributed by atoms with Gasteiger partial charge in [0.15, 0.2) is 0 Å². The van der Waals surface area contributed by atoms with E-state index in [-0.39, 0.29) is 30.6 Å². The molecule has 2 N–H and O–H groups in total. The van der Waals surface area contributed by atoms with Crippen molar-refractivity contribution < 1.29 is 29.6 Å². The minimum absolute atomic E-state index is 0.0568. The number of ether oxygens (including phenoxy) is 1. The number of nitrogens with zero attached hydrogens (tertiary/aromatic N) is 3. The molecule has 4 unspecified atom stereocenters. The number of non-ortho nitro benzene ring substituents is 1. The van der Waals surface area contributed by atoms with Gasteiger partial charge in [-0.05, 0) is 31.0 Å². The second kappa shape index (κ2) is 10.8. The standard InChI is InChI=1S/C18H25N3O7S2/c1-11(9-22)20(25)17(23)7-16(30)15-6-14(29)8-19(15)18(24)28-10-12-2-4-13(5-3-12)21(26)27/h2-5,11,14-16,22,25,29-30H,6-10H2,1H3. The first-order valence-electron chi connectivity index (χ1n) is 9.28. The number of hydroxylamine groups is 2. The van der Waals surface area contributed by atoms with E-state index in [0.29, 0.717) is 23.6 Å². The first-order chi connectivity index (χ1) is 14.1. The van der Waals surface area contributed by atoms with E-state index in [1.165, 1.54) is 36.1 Å². The summed E-state index contributed by atoms with van der Waals surface area (Å²) in [6.07, 6.45) is -0.245. The van der Waals surface area contributed by atoms with Crippen molar-refractivity contribution in [3.63, 3.8) is 0 Å². The molecule has 1 aromatic carbocycles. The predicted molar refractivity (Wildman–Crippen MR) is 114 cm³/mol. The molecule has 0 aliphatic carbocycles. The van der Waals surface area contributed by atoms with Gasteiger partial charge in [0.1, 0.15) is 6.61 Å². The normalized spacial score (nSPS) is 20.5. The third kappa shape index (κ3) is 6.24. The largest absolute Gasteiger partial charge is 0.445 e. The third-order valence-corrected chi connectivity index (χ3v) is 5.73. The average Bonchev–Trinajstić information content (AvgIpc) is 3.12. The fourth-order valence-corrected chi connectivity index (χ4v) is 3.92. The highest BCUT2D eigenvalue weighted by Crippen LogP contribution is 2.29. The van der Waals surface area contributed by atoms with E-state index in [2.05, 4.69) is 25.3 Å². The summed E-state index contributed by atoms with van der Waals surface area (Å²) in [4.78, 5) is 36.4. The second-order valence-corrected chi connectivity index (χ2v) is 8.52. The molecule has 0 radical (unpaired) electrons. The van der Waals surface area contributed by atoms with Crippen molar-refractivity contribution in [3.8, 4) is 0 Å². The van der Waals surface area contributed by atoms with Crippen molar-refractivity contribution >= 4 is 42.9 Å². The number of aliphatic hydroxyl groups is 1. The quantitative estimate of drug-likeness (QED) is 0.202. The number of carbonyl (C=O) groups is 2. The van der Waals surface area contributed by atoms with Gasteiger partial charge in [-0.25, -0.2) is 9.86 Å². The number of nitro groups is 1. The van der Waals surface area contributed by atoms with E-state index in [1.54, 1.807) is 0 Å². The molecule has 1 aliphatic rings. The number of aliphatic hydroxyl groups excluding tert-OH is 1. The van der Waals surface area contributed by atoms with Gasteiger partial charge >= 0.3 is 6.09 Å². The van der Waals surface area contributed by atoms with Crippen LogP contribution in [0.4, 0.5) is 10.5 Å². The van der Waals surface area contributed by atoms with E-state index in [0.717, 1.165) is 0 Å². The summed E-state index contributed by atoms with van der Waals surface area (Å²) in [7, 11) is 0. The van der Waals surface area contributed by atoms with Crippen molar-refractivity contribution in [3.05, 3.63) is 39.9 Å². The third-order valence-electron chi connectivity index (χ3n) is 4.83. The summed E-state index contributed by atoms with van der Waals surface area (Å²) in [5.74, 6) is -0.613. The Bertz CT molecular complexity index is 765. The van der Waals surface area contributed by atoms with Gasteiger partial charge in [-0.2, -0.15) is 25.3 Å². The Hall–Kier alpha value is -2.02. The molecular formula is C18H25N3O7S2. The molecule has 0 saturated carbocycles. The van der Waals surface area contributed by atoms with Crippen LogP contribution in [0, 0.1) is 10.1 Å². The lowest BCUT2D eigenvalue weighted by Crippen LogP contribution is -2.44. The van der Waals surface area contributed by atoms with Crippen LogP contribution in [-0.2, 0) is 16.1 Å². The Labute approximate surface area is 184 Å². The number of thiol groups is 2. The lowest BCUT2D eigenvalue weighted by Gasteiger charge is -2.29. The molecule has 1 fully saturated rings. The fourth-order valence-electron chi connectivity index (χ4n) is 3.09. The topological polar surface area (TPSA) is 133 Å². The van der Waals surface area contributed by atoms with Crippen LogP contribution >= 0.6 is 25.3 Å². The molecule has 2 amide bonds. The molecule has 2 rings (SSSR count). The first-order valence-corrected chi connectivity index (χ1v) is 10.3. The maximum atomic E-state index is 12.6. The van der Waals surface area contributed by atoms with Gasteiger partial charge in [0, 0.05) is 41.6 Å². The van der Waals surface area contributed by atoms with E-state index in [1.807, 2.05) is 0 Å². The van der Waals surface area contributed by atoms with Crippen LogP contribution in [-0.4, -0.2) is 72.9 Å². The number of carbonyl (C=O) groups excluding carboxylic acids is 2. The molecule has 1 aromatic rings. The van der Waals surface area contributed by atoms with Crippen LogP contribution in [0.15, 0.2) is 24.3 Å². The number of hydrogen-bond donors (Lipinski definition) is 4. The zero-order valence-electron chi connectivity index (χ0n) is 16.3. The molecule has 1 aliphatic heterocycles. The monoisotopic (exact) mass is 459 g/mol. The van der Waals surface area contributed by atoms with Gasteiger partial charge in [-0.3, -0.25) is 20.1 Å². The van der Waals surface area contributed by atoms with Gasteiger partial charge in [-0.1, -0.05) is 0 Å². The number of benzene rings is 1. The van der Waals surface area contributed by atoms with Crippen molar-refractivity contribution in [1.82, 2.24) is 9.96 Å². The van der Waals surface area contributed by atoms with E-state index in [9.17, 15) is 24.9 Å². The van der Waals surface area contributed by atoms with Crippen LogP contribution in [0.25, 0.3) is 0 Å². The molecule has 10 nitrogen and oxygen atoms in total. The van der Waals surface area contributed by atoms with Gasteiger partial charge in [-0.15, -0.1) is 0 Å². The summed E-state index contributed by atoms with van der Waals surface area (Å²) in [6.45, 7) is 1.36. The zero-order chi connectivity index (χ0) is 22.4. The molecular weight excluding hydrogens is 434 g/mol. The van der Waals surface area contributed by atoms with Crippen LogP contribution in [0.5, 0.6) is 0 Å². The summed E-state index contributed by atoms with van der Waals surface area (Å²) in [5, 5.41) is 29.3.